The van der Waals surface area contributed by atoms with Gasteiger partial charge in [-0.2, -0.15) is 0 Å². The Hall–Kier alpha value is -4.09. The molecule has 238 valence electrons. The minimum Gasteiger partial charge on any atom is -0.479 e. The summed E-state index contributed by atoms with van der Waals surface area (Å²) in [6.07, 6.45) is 5.25. The third-order valence-corrected chi connectivity index (χ3v) is 8.68. The Labute approximate surface area is 257 Å². The Morgan fingerprint density at radius 2 is 1.77 bits per heavy atom. The maximum absolute atomic E-state index is 14.0. The van der Waals surface area contributed by atoms with Crippen LogP contribution in [0.15, 0.2) is 36.4 Å². The van der Waals surface area contributed by atoms with Crippen molar-refractivity contribution in [3.63, 3.8) is 0 Å². The van der Waals surface area contributed by atoms with E-state index < -0.39 is 59.3 Å². The van der Waals surface area contributed by atoms with Crippen LogP contribution in [0.3, 0.4) is 0 Å². The minimum absolute atomic E-state index is 0.000531. The summed E-state index contributed by atoms with van der Waals surface area (Å²) in [4.78, 5) is 68.8. The second kappa shape index (κ2) is 12.5. The number of amides is 4. The SMILES string of the molecule is CC(C)(C)OC(=O)N[C@H]1CCCCCC=C[C@@H]2C[C@@]2(C(=O)O)NC(=O)[C@@H]2C[C@@H](OC(=O)N3Cc4ccccc4C3)CN2C1=O. The zero-order valence-corrected chi connectivity index (χ0v) is 25.5. The summed E-state index contributed by atoms with van der Waals surface area (Å²) < 4.78 is 11.2. The number of hydrogen-bond acceptors (Lipinski definition) is 7. The lowest BCUT2D eigenvalue weighted by Gasteiger charge is -2.30. The third-order valence-electron chi connectivity index (χ3n) is 8.68. The lowest BCUT2D eigenvalue weighted by molar-refractivity contribution is -0.145. The van der Waals surface area contributed by atoms with Gasteiger partial charge in [-0.15, -0.1) is 0 Å². The number of ether oxygens (including phenoxy) is 2. The van der Waals surface area contributed by atoms with E-state index in [0.717, 1.165) is 30.4 Å². The van der Waals surface area contributed by atoms with E-state index in [1.807, 2.05) is 36.4 Å². The molecule has 4 aliphatic rings. The number of hydrogen-bond donors (Lipinski definition) is 3. The molecule has 2 fully saturated rings. The van der Waals surface area contributed by atoms with Gasteiger partial charge in [0, 0.05) is 25.4 Å². The first-order valence-corrected chi connectivity index (χ1v) is 15.4. The number of carboxylic acid groups (broad SMARTS) is 1. The van der Waals surface area contributed by atoms with Crippen molar-refractivity contribution < 1.29 is 38.6 Å². The topological polar surface area (TPSA) is 155 Å². The van der Waals surface area contributed by atoms with Gasteiger partial charge in [0.25, 0.3) is 0 Å². The van der Waals surface area contributed by atoms with Gasteiger partial charge in [0.1, 0.15) is 29.3 Å². The number of fused-ring (bicyclic) bond motifs is 3. The maximum Gasteiger partial charge on any atom is 0.410 e. The highest BCUT2D eigenvalue weighted by molar-refractivity contribution is 5.96. The molecule has 3 N–H and O–H groups in total. The number of nitrogens with zero attached hydrogens (tertiary/aromatic N) is 2. The molecule has 0 radical (unpaired) electrons. The lowest BCUT2D eigenvalue weighted by Crippen LogP contribution is -2.56. The van der Waals surface area contributed by atoms with Crippen LogP contribution >= 0.6 is 0 Å². The van der Waals surface area contributed by atoms with Crippen molar-refractivity contribution in [1.29, 1.82) is 0 Å². The minimum atomic E-state index is -1.45. The van der Waals surface area contributed by atoms with Crippen LogP contribution in [0.25, 0.3) is 0 Å². The van der Waals surface area contributed by atoms with E-state index in [0.29, 0.717) is 25.9 Å². The summed E-state index contributed by atoms with van der Waals surface area (Å²) in [5.41, 5.74) is -0.176. The molecule has 1 aromatic rings. The number of carbonyl (C=O) groups excluding carboxylic acids is 4. The van der Waals surface area contributed by atoms with Crippen LogP contribution in [-0.4, -0.2) is 80.7 Å². The molecule has 0 unspecified atom stereocenters. The first kappa shape index (κ1) is 31.3. The maximum atomic E-state index is 14.0. The molecule has 44 heavy (non-hydrogen) atoms. The largest absolute Gasteiger partial charge is 0.479 e. The molecule has 0 spiro atoms. The molecule has 12 heteroatoms. The second-order valence-corrected chi connectivity index (χ2v) is 13.2. The Morgan fingerprint density at radius 3 is 2.43 bits per heavy atom. The number of benzene rings is 1. The van der Waals surface area contributed by atoms with Crippen LogP contribution in [0, 0.1) is 5.92 Å². The molecule has 1 aromatic carbocycles. The fourth-order valence-electron chi connectivity index (χ4n) is 6.28. The Bertz CT molecular complexity index is 1310. The van der Waals surface area contributed by atoms with Gasteiger partial charge in [-0.05, 0) is 57.6 Å². The van der Waals surface area contributed by atoms with Gasteiger partial charge in [0.05, 0.1) is 6.54 Å². The van der Waals surface area contributed by atoms with Gasteiger partial charge in [-0.1, -0.05) is 49.3 Å². The zero-order valence-electron chi connectivity index (χ0n) is 25.5. The van der Waals surface area contributed by atoms with E-state index in [-0.39, 0.29) is 25.3 Å². The molecule has 1 aliphatic carbocycles. The Morgan fingerprint density at radius 1 is 1.07 bits per heavy atom. The molecule has 4 amide bonds. The van der Waals surface area contributed by atoms with Crippen molar-refractivity contribution in [3.05, 3.63) is 47.5 Å². The van der Waals surface area contributed by atoms with Crippen molar-refractivity contribution >= 4 is 30.0 Å². The van der Waals surface area contributed by atoms with Crippen molar-refractivity contribution in [1.82, 2.24) is 20.4 Å². The van der Waals surface area contributed by atoms with Crippen molar-refractivity contribution in [2.45, 2.75) is 108 Å². The van der Waals surface area contributed by atoms with Crippen molar-refractivity contribution in [3.8, 4) is 0 Å². The van der Waals surface area contributed by atoms with Gasteiger partial charge in [-0.3, -0.25) is 14.5 Å². The number of allylic oxidation sites excluding steroid dienone is 1. The number of aliphatic carboxylic acids is 1. The second-order valence-electron chi connectivity index (χ2n) is 13.2. The van der Waals surface area contributed by atoms with Crippen LogP contribution in [0.1, 0.15) is 76.8 Å². The predicted molar refractivity (Wildman–Crippen MR) is 158 cm³/mol. The smallest absolute Gasteiger partial charge is 0.410 e. The average Bonchev–Trinajstić information content (AvgIpc) is 3.27. The zero-order chi connectivity index (χ0) is 31.6. The van der Waals surface area contributed by atoms with Gasteiger partial charge in [-0.25, -0.2) is 14.4 Å². The van der Waals surface area contributed by atoms with E-state index in [4.69, 9.17) is 9.47 Å². The molecule has 0 aromatic heterocycles. The Balaban J connectivity index is 1.37. The van der Waals surface area contributed by atoms with Gasteiger partial charge >= 0.3 is 18.2 Å². The molecule has 5 rings (SSSR count). The fraction of sp³-hybridized carbons (Fsp3) is 0.594. The van der Waals surface area contributed by atoms with E-state index in [1.165, 1.54) is 4.90 Å². The van der Waals surface area contributed by atoms with Gasteiger partial charge < -0.3 is 30.1 Å². The summed E-state index contributed by atoms with van der Waals surface area (Å²) in [5, 5.41) is 15.4. The van der Waals surface area contributed by atoms with Gasteiger partial charge in [0.15, 0.2) is 0 Å². The fourth-order valence-corrected chi connectivity index (χ4v) is 6.28. The number of nitrogens with one attached hydrogen (secondary N) is 2. The molecule has 3 aliphatic heterocycles. The Kier molecular flexibility index (Phi) is 8.90. The summed E-state index contributed by atoms with van der Waals surface area (Å²) >= 11 is 0. The molecule has 5 atom stereocenters. The number of carbonyl (C=O) groups is 5. The van der Waals surface area contributed by atoms with Crippen molar-refractivity contribution in [2.24, 2.45) is 5.92 Å². The van der Waals surface area contributed by atoms with E-state index in [1.54, 1.807) is 25.7 Å². The molecule has 12 nitrogen and oxygen atoms in total. The van der Waals surface area contributed by atoms with E-state index in [2.05, 4.69) is 10.6 Å². The highest BCUT2D eigenvalue weighted by Crippen LogP contribution is 2.45. The van der Waals surface area contributed by atoms with Crippen LogP contribution in [0.4, 0.5) is 9.59 Å². The summed E-state index contributed by atoms with van der Waals surface area (Å²) in [6, 6.07) is 5.65. The predicted octanol–water partition coefficient (Wildman–Crippen LogP) is 3.48. The normalized spacial score (nSPS) is 28.9. The monoisotopic (exact) mass is 610 g/mol. The van der Waals surface area contributed by atoms with E-state index in [9.17, 15) is 29.1 Å². The highest BCUT2D eigenvalue weighted by Gasteiger charge is 2.61. The number of carboxylic acids is 1. The molecule has 1 saturated heterocycles. The first-order valence-electron chi connectivity index (χ1n) is 15.4. The molecular weight excluding hydrogens is 568 g/mol. The quantitative estimate of drug-likeness (QED) is 0.440. The molecule has 3 heterocycles. The van der Waals surface area contributed by atoms with E-state index >= 15 is 0 Å². The van der Waals surface area contributed by atoms with Crippen LogP contribution in [-0.2, 0) is 36.9 Å². The van der Waals surface area contributed by atoms with Gasteiger partial charge in [0.2, 0.25) is 11.8 Å². The van der Waals surface area contributed by atoms with Crippen LogP contribution in [0.5, 0.6) is 0 Å². The standard InChI is InChI=1S/C32H42N4O8/c1-31(2,3)44-29(41)33-24-14-8-6-4-5-7-13-22-16-32(22,28(39)40)34-26(37)25-15-23(19-36(25)27(24)38)43-30(42)35-17-20-11-9-10-12-21(20)18-35/h7,9-13,22-25H,4-6,8,14-19H2,1-3H3,(H,33,41)(H,34,37)(H,39,40)/t22-,23-,24+,25+,32-/m1/s1. The third kappa shape index (κ3) is 7.00. The first-order chi connectivity index (χ1) is 20.9. The molecule has 1 saturated carbocycles. The number of rotatable bonds is 3. The van der Waals surface area contributed by atoms with Crippen molar-refractivity contribution in [2.75, 3.05) is 6.54 Å². The summed E-state index contributed by atoms with van der Waals surface area (Å²) in [7, 11) is 0. The summed E-state index contributed by atoms with van der Waals surface area (Å²) in [5.74, 6) is -2.63. The van der Waals surface area contributed by atoms with Crippen LogP contribution < -0.4 is 10.6 Å². The average molecular weight is 611 g/mol. The molecule has 0 bridgehead atoms. The molecular formula is C32H42N4O8. The number of alkyl carbamates (subject to hydrolysis) is 1. The lowest BCUT2D eigenvalue weighted by atomic mass is 10.0. The highest BCUT2D eigenvalue weighted by atomic mass is 16.6. The van der Waals surface area contributed by atoms with Crippen LogP contribution in [0.2, 0.25) is 0 Å². The summed E-state index contributed by atoms with van der Waals surface area (Å²) in [6.45, 7) is 5.89.